The lowest BCUT2D eigenvalue weighted by Crippen LogP contribution is -2.49. The van der Waals surface area contributed by atoms with E-state index in [0.717, 1.165) is 16.9 Å². The molecule has 8 nitrogen and oxygen atoms in total. The van der Waals surface area contributed by atoms with Crippen molar-refractivity contribution in [2.24, 2.45) is 5.16 Å². The number of benzene rings is 2. The maximum absolute atomic E-state index is 12.8. The number of amides is 2. The summed E-state index contributed by atoms with van der Waals surface area (Å²) in [7, 11) is 1.58. The molecule has 1 heterocycles. The average molecular weight is 490 g/mol. The molecule has 2 aromatic carbocycles. The Kier molecular flexibility index (Phi) is 8.28. The van der Waals surface area contributed by atoms with Crippen LogP contribution in [-0.2, 0) is 27.4 Å². The molecule has 1 aliphatic rings. The number of oxime groups is 1. The molecule has 2 N–H and O–H groups in total. The number of carbonyl (C=O) groups excluding carboxylic acids is 2. The lowest BCUT2D eigenvalue weighted by molar-refractivity contribution is -0.123. The van der Waals surface area contributed by atoms with Gasteiger partial charge in [0.05, 0.1) is 13.7 Å². The molecule has 2 aromatic rings. The lowest BCUT2D eigenvalue weighted by Gasteiger charge is -2.19. The summed E-state index contributed by atoms with van der Waals surface area (Å²) in [6.45, 7) is 0.363. The van der Waals surface area contributed by atoms with E-state index in [9.17, 15) is 9.59 Å². The Morgan fingerprint density at radius 1 is 1.16 bits per heavy atom. The van der Waals surface area contributed by atoms with Crippen molar-refractivity contribution in [3.8, 4) is 5.75 Å². The first-order valence-corrected chi connectivity index (χ1v) is 10.6. The fourth-order valence-electron chi connectivity index (χ4n) is 2.95. The van der Waals surface area contributed by atoms with Crippen LogP contribution in [0.2, 0.25) is 0 Å². The molecule has 0 bridgehead atoms. The van der Waals surface area contributed by atoms with Gasteiger partial charge < -0.3 is 24.9 Å². The Bertz CT molecular complexity index is 905. The average Bonchev–Trinajstić information content (AvgIpc) is 3.21. The number of rotatable bonds is 9. The Balaban J connectivity index is 1.55. The highest BCUT2D eigenvalue weighted by atomic mass is 79.9. The number of nitrogens with one attached hydrogen (secondary N) is 2. The number of halogens is 1. The van der Waals surface area contributed by atoms with Crippen LogP contribution in [0.5, 0.6) is 5.75 Å². The second-order valence-electron chi connectivity index (χ2n) is 6.96. The summed E-state index contributed by atoms with van der Waals surface area (Å²) in [6.07, 6.45) is 0.00425. The molecule has 0 radical (unpaired) electrons. The van der Waals surface area contributed by atoms with Crippen LogP contribution in [-0.4, -0.2) is 42.4 Å². The summed E-state index contributed by atoms with van der Waals surface area (Å²) in [4.78, 5) is 30.3. The zero-order chi connectivity index (χ0) is 22.1. The van der Waals surface area contributed by atoms with E-state index in [2.05, 4.69) is 31.7 Å². The third-order valence-electron chi connectivity index (χ3n) is 4.62. The molecule has 0 spiro atoms. The van der Waals surface area contributed by atoms with Crippen LogP contribution in [0.1, 0.15) is 17.5 Å². The zero-order valence-corrected chi connectivity index (χ0v) is 18.6. The zero-order valence-electron chi connectivity index (χ0n) is 17.0. The van der Waals surface area contributed by atoms with Gasteiger partial charge in [-0.3, -0.25) is 4.79 Å². The van der Waals surface area contributed by atoms with Gasteiger partial charge in [0.1, 0.15) is 23.0 Å². The van der Waals surface area contributed by atoms with Crippen molar-refractivity contribution in [2.75, 3.05) is 13.7 Å². The number of ether oxygens (including phenoxy) is 2. The van der Waals surface area contributed by atoms with Crippen LogP contribution in [0.15, 0.2) is 59.8 Å². The second-order valence-corrected chi connectivity index (χ2v) is 7.87. The molecule has 164 valence electrons. The van der Waals surface area contributed by atoms with Crippen molar-refractivity contribution in [1.29, 1.82) is 0 Å². The van der Waals surface area contributed by atoms with Gasteiger partial charge in [-0.2, -0.15) is 0 Å². The molecule has 0 saturated carbocycles. The fraction of sp³-hybridized carbons (Fsp3) is 0.318. The van der Waals surface area contributed by atoms with Gasteiger partial charge in [-0.1, -0.05) is 47.6 Å². The van der Waals surface area contributed by atoms with Crippen molar-refractivity contribution >= 4 is 32.6 Å². The molecule has 2 atom stereocenters. The summed E-state index contributed by atoms with van der Waals surface area (Å²) in [5.41, 5.74) is 1.73. The third kappa shape index (κ3) is 7.29. The van der Waals surface area contributed by atoms with E-state index in [0.29, 0.717) is 17.5 Å². The Hall–Kier alpha value is -3.07. The van der Waals surface area contributed by atoms with Crippen molar-refractivity contribution in [2.45, 2.75) is 31.6 Å². The number of carbonyl (C=O) groups is 2. The van der Waals surface area contributed by atoms with Gasteiger partial charge in [0.15, 0.2) is 6.10 Å². The minimum Gasteiger partial charge on any atom is -0.497 e. The first-order valence-electron chi connectivity index (χ1n) is 9.79. The molecule has 0 saturated heterocycles. The van der Waals surface area contributed by atoms with Gasteiger partial charge >= 0.3 is 6.09 Å². The topological polar surface area (TPSA) is 98.2 Å². The minimum absolute atomic E-state index is 0.0801. The summed E-state index contributed by atoms with van der Waals surface area (Å²) in [5, 5.41) is 9.29. The van der Waals surface area contributed by atoms with E-state index in [1.807, 2.05) is 42.5 Å². The van der Waals surface area contributed by atoms with Crippen LogP contribution < -0.4 is 15.4 Å². The Morgan fingerprint density at radius 3 is 2.55 bits per heavy atom. The first-order chi connectivity index (χ1) is 15.0. The number of alkyl carbamates (subject to hydrolysis) is 1. The summed E-state index contributed by atoms with van der Waals surface area (Å²) >= 11 is 3.27. The highest BCUT2D eigenvalue weighted by Crippen LogP contribution is 2.14. The van der Waals surface area contributed by atoms with Crippen molar-refractivity contribution in [1.82, 2.24) is 10.6 Å². The first kappa shape index (κ1) is 22.6. The maximum atomic E-state index is 12.8. The quantitative estimate of drug-likeness (QED) is 0.563. The number of methoxy groups -OCH3 is 1. The standard InChI is InChI=1S/C22H24BrN3O5/c1-29-17-9-7-16(8-10-17)14-30-22(28)25-19(11-15-5-3-2-4-6-15)21(27)24-13-18-12-20(23)26-31-18/h2-10,18-19H,11-14H2,1H3,(H,24,27)(H,25,28)/t18?,19-/m0/s1. The second kappa shape index (κ2) is 11.4. The summed E-state index contributed by atoms with van der Waals surface area (Å²) in [5.74, 6) is 0.397. The van der Waals surface area contributed by atoms with Gasteiger partial charge in [0.2, 0.25) is 5.91 Å². The van der Waals surface area contributed by atoms with Crippen molar-refractivity contribution in [3.63, 3.8) is 0 Å². The molecular weight excluding hydrogens is 466 g/mol. The predicted octanol–water partition coefficient (Wildman–Crippen LogP) is 3.15. The number of nitrogens with zero attached hydrogens (tertiary/aromatic N) is 1. The van der Waals surface area contributed by atoms with Gasteiger partial charge in [-0.05, 0) is 39.2 Å². The van der Waals surface area contributed by atoms with E-state index in [4.69, 9.17) is 14.3 Å². The van der Waals surface area contributed by atoms with Crippen LogP contribution in [0, 0.1) is 0 Å². The monoisotopic (exact) mass is 489 g/mol. The lowest BCUT2D eigenvalue weighted by atomic mass is 10.1. The molecule has 1 aliphatic heterocycles. The van der Waals surface area contributed by atoms with E-state index in [1.54, 1.807) is 19.2 Å². The SMILES string of the molecule is COc1ccc(COC(=O)N[C@@H](Cc2ccccc2)C(=O)NCC2CC(Br)=NO2)cc1. The molecule has 0 aliphatic carbocycles. The molecule has 1 unspecified atom stereocenters. The molecular formula is C22H24BrN3O5. The highest BCUT2D eigenvalue weighted by molar-refractivity contribution is 9.18. The van der Waals surface area contributed by atoms with E-state index in [-0.39, 0.29) is 25.2 Å². The normalized spacial score (nSPS) is 15.9. The van der Waals surface area contributed by atoms with E-state index < -0.39 is 12.1 Å². The molecule has 0 fully saturated rings. The van der Waals surface area contributed by atoms with Crippen LogP contribution in [0.3, 0.4) is 0 Å². The van der Waals surface area contributed by atoms with Crippen LogP contribution in [0.4, 0.5) is 4.79 Å². The summed E-state index contributed by atoms with van der Waals surface area (Å²) < 4.78 is 11.1. The van der Waals surface area contributed by atoms with Gasteiger partial charge in [0, 0.05) is 12.8 Å². The molecule has 2 amide bonds. The van der Waals surface area contributed by atoms with Crippen molar-refractivity contribution < 1.29 is 23.9 Å². The van der Waals surface area contributed by atoms with Gasteiger partial charge in [0.25, 0.3) is 0 Å². The fourth-order valence-corrected chi connectivity index (χ4v) is 3.40. The van der Waals surface area contributed by atoms with E-state index in [1.165, 1.54) is 0 Å². The third-order valence-corrected chi connectivity index (χ3v) is 5.09. The Labute approximate surface area is 189 Å². The van der Waals surface area contributed by atoms with Gasteiger partial charge in [-0.25, -0.2) is 4.79 Å². The predicted molar refractivity (Wildman–Crippen MR) is 119 cm³/mol. The Morgan fingerprint density at radius 2 is 1.90 bits per heavy atom. The van der Waals surface area contributed by atoms with Crippen LogP contribution >= 0.6 is 15.9 Å². The smallest absolute Gasteiger partial charge is 0.408 e. The molecule has 3 rings (SSSR count). The van der Waals surface area contributed by atoms with Crippen LogP contribution in [0.25, 0.3) is 0 Å². The number of hydrogen-bond donors (Lipinski definition) is 2. The molecule has 0 aromatic heterocycles. The molecule has 31 heavy (non-hydrogen) atoms. The number of hydrogen-bond acceptors (Lipinski definition) is 6. The minimum atomic E-state index is -0.795. The van der Waals surface area contributed by atoms with E-state index >= 15 is 0 Å². The maximum Gasteiger partial charge on any atom is 0.408 e. The van der Waals surface area contributed by atoms with Gasteiger partial charge in [-0.15, -0.1) is 0 Å². The van der Waals surface area contributed by atoms with Crippen molar-refractivity contribution in [3.05, 3.63) is 65.7 Å². The molecule has 9 heteroatoms. The highest BCUT2D eigenvalue weighted by Gasteiger charge is 2.25. The largest absolute Gasteiger partial charge is 0.497 e. The summed E-state index contributed by atoms with van der Waals surface area (Å²) in [6, 6.07) is 15.8.